The van der Waals surface area contributed by atoms with Gasteiger partial charge in [0.25, 0.3) is 5.91 Å². The molecule has 0 radical (unpaired) electrons. The molecule has 0 saturated carbocycles. The van der Waals surface area contributed by atoms with Gasteiger partial charge in [-0.2, -0.15) is 0 Å². The molecular weight excluding hydrogens is 342 g/mol. The fourth-order valence-corrected chi connectivity index (χ4v) is 3.05. The second-order valence-electron chi connectivity index (χ2n) is 6.47. The van der Waals surface area contributed by atoms with Crippen molar-refractivity contribution < 1.29 is 14.4 Å². The summed E-state index contributed by atoms with van der Waals surface area (Å²) in [5.41, 5.74) is 1.52. The van der Waals surface area contributed by atoms with Gasteiger partial charge in [0.1, 0.15) is 0 Å². The highest BCUT2D eigenvalue weighted by molar-refractivity contribution is 5.96. The largest absolute Gasteiger partial charge is 0.343 e. The summed E-state index contributed by atoms with van der Waals surface area (Å²) >= 11 is 0. The van der Waals surface area contributed by atoms with Crippen LogP contribution in [0.5, 0.6) is 0 Å². The molecule has 0 aromatic heterocycles. The van der Waals surface area contributed by atoms with Crippen LogP contribution in [0.2, 0.25) is 0 Å². The van der Waals surface area contributed by atoms with Crippen molar-refractivity contribution in [2.75, 3.05) is 32.7 Å². The standard InChI is InChI=1S/C21H23N3O3/c25-19(15-17-7-3-1-4-8-17)23-11-13-24(14-12-23)20(26)16-22-21(27)18-9-5-2-6-10-18/h1-10H,11-16H2,(H,22,27). The van der Waals surface area contributed by atoms with Crippen LogP contribution < -0.4 is 5.32 Å². The van der Waals surface area contributed by atoms with E-state index in [1.54, 1.807) is 34.1 Å². The predicted octanol–water partition coefficient (Wildman–Crippen LogP) is 1.33. The molecule has 1 N–H and O–H groups in total. The lowest BCUT2D eigenvalue weighted by Crippen LogP contribution is -2.52. The van der Waals surface area contributed by atoms with Gasteiger partial charge in [0.05, 0.1) is 13.0 Å². The lowest BCUT2D eigenvalue weighted by atomic mass is 10.1. The molecule has 1 heterocycles. The number of hydrogen-bond acceptors (Lipinski definition) is 3. The number of amides is 3. The van der Waals surface area contributed by atoms with E-state index in [1.807, 2.05) is 36.4 Å². The molecule has 1 saturated heterocycles. The number of rotatable bonds is 5. The summed E-state index contributed by atoms with van der Waals surface area (Å²) in [7, 11) is 0. The number of nitrogens with one attached hydrogen (secondary N) is 1. The van der Waals surface area contributed by atoms with Crippen LogP contribution >= 0.6 is 0 Å². The minimum Gasteiger partial charge on any atom is -0.343 e. The topological polar surface area (TPSA) is 69.7 Å². The molecule has 2 aromatic carbocycles. The summed E-state index contributed by atoms with van der Waals surface area (Å²) in [5, 5.41) is 2.65. The quantitative estimate of drug-likeness (QED) is 0.869. The molecule has 0 bridgehead atoms. The molecule has 0 atom stereocenters. The Balaban J connectivity index is 1.42. The molecule has 0 aliphatic carbocycles. The van der Waals surface area contributed by atoms with Crippen LogP contribution in [0.4, 0.5) is 0 Å². The van der Waals surface area contributed by atoms with Crippen molar-refractivity contribution in [2.45, 2.75) is 6.42 Å². The van der Waals surface area contributed by atoms with Crippen molar-refractivity contribution in [3.8, 4) is 0 Å². The first-order chi connectivity index (χ1) is 13.1. The van der Waals surface area contributed by atoms with Crippen LogP contribution in [-0.2, 0) is 16.0 Å². The van der Waals surface area contributed by atoms with Gasteiger partial charge in [-0.25, -0.2) is 0 Å². The third kappa shape index (κ3) is 5.17. The maximum absolute atomic E-state index is 12.4. The second-order valence-corrected chi connectivity index (χ2v) is 6.47. The van der Waals surface area contributed by atoms with E-state index >= 15 is 0 Å². The lowest BCUT2D eigenvalue weighted by molar-refractivity contribution is -0.138. The third-order valence-electron chi connectivity index (χ3n) is 4.62. The van der Waals surface area contributed by atoms with Crippen LogP contribution in [0.1, 0.15) is 15.9 Å². The molecule has 3 amide bonds. The molecule has 3 rings (SSSR count). The van der Waals surface area contributed by atoms with E-state index in [-0.39, 0.29) is 24.3 Å². The van der Waals surface area contributed by atoms with Gasteiger partial charge in [-0.05, 0) is 17.7 Å². The zero-order valence-corrected chi connectivity index (χ0v) is 15.1. The number of benzene rings is 2. The Morgan fingerprint density at radius 1 is 0.741 bits per heavy atom. The molecule has 27 heavy (non-hydrogen) atoms. The Morgan fingerprint density at radius 3 is 1.85 bits per heavy atom. The summed E-state index contributed by atoms with van der Waals surface area (Å²) < 4.78 is 0. The second kappa shape index (κ2) is 8.98. The minimum atomic E-state index is -0.263. The maximum atomic E-state index is 12.4. The summed E-state index contributed by atoms with van der Waals surface area (Å²) in [6, 6.07) is 18.4. The van der Waals surface area contributed by atoms with E-state index in [0.29, 0.717) is 38.2 Å². The molecule has 6 nitrogen and oxygen atoms in total. The van der Waals surface area contributed by atoms with Gasteiger partial charge in [0.15, 0.2) is 0 Å². The Hall–Kier alpha value is -3.15. The monoisotopic (exact) mass is 365 g/mol. The zero-order valence-electron chi connectivity index (χ0n) is 15.1. The van der Waals surface area contributed by atoms with Crippen molar-refractivity contribution in [2.24, 2.45) is 0 Å². The number of piperazine rings is 1. The third-order valence-corrected chi connectivity index (χ3v) is 4.62. The minimum absolute atomic E-state index is 0.0360. The van der Waals surface area contributed by atoms with Gasteiger partial charge in [0.2, 0.25) is 11.8 Å². The number of hydrogen-bond donors (Lipinski definition) is 1. The van der Waals surface area contributed by atoms with Crippen molar-refractivity contribution in [1.29, 1.82) is 0 Å². The number of carbonyl (C=O) groups is 3. The molecule has 2 aromatic rings. The zero-order chi connectivity index (χ0) is 19.1. The van der Waals surface area contributed by atoms with E-state index in [2.05, 4.69) is 5.32 Å². The predicted molar refractivity (Wildman–Crippen MR) is 102 cm³/mol. The van der Waals surface area contributed by atoms with E-state index in [9.17, 15) is 14.4 Å². The Morgan fingerprint density at radius 2 is 1.26 bits per heavy atom. The van der Waals surface area contributed by atoms with Crippen LogP contribution in [0.3, 0.4) is 0 Å². The smallest absolute Gasteiger partial charge is 0.251 e. The molecule has 0 spiro atoms. The SMILES string of the molecule is O=C(NCC(=O)N1CCN(C(=O)Cc2ccccc2)CC1)c1ccccc1. The first-order valence-corrected chi connectivity index (χ1v) is 9.06. The molecule has 1 aliphatic heterocycles. The fourth-order valence-electron chi connectivity index (χ4n) is 3.05. The van der Waals surface area contributed by atoms with Crippen LogP contribution in [0.25, 0.3) is 0 Å². The first-order valence-electron chi connectivity index (χ1n) is 9.06. The average molecular weight is 365 g/mol. The van der Waals surface area contributed by atoms with Crippen LogP contribution in [-0.4, -0.2) is 60.2 Å². The first kappa shape index (κ1) is 18.6. The van der Waals surface area contributed by atoms with E-state index in [1.165, 1.54) is 0 Å². The van der Waals surface area contributed by atoms with E-state index in [0.717, 1.165) is 5.56 Å². The molecule has 0 unspecified atom stereocenters. The highest BCUT2D eigenvalue weighted by Gasteiger charge is 2.24. The van der Waals surface area contributed by atoms with Crippen molar-refractivity contribution in [3.63, 3.8) is 0 Å². The van der Waals surface area contributed by atoms with Gasteiger partial charge in [-0.15, -0.1) is 0 Å². The van der Waals surface area contributed by atoms with Crippen molar-refractivity contribution >= 4 is 17.7 Å². The fraction of sp³-hybridized carbons (Fsp3) is 0.286. The maximum Gasteiger partial charge on any atom is 0.251 e. The average Bonchev–Trinajstić information content (AvgIpc) is 2.73. The molecule has 6 heteroatoms. The van der Waals surface area contributed by atoms with Crippen LogP contribution in [0.15, 0.2) is 60.7 Å². The summed E-state index contributed by atoms with van der Waals surface area (Å²) in [6.07, 6.45) is 0.377. The lowest BCUT2D eigenvalue weighted by Gasteiger charge is -2.35. The van der Waals surface area contributed by atoms with E-state index in [4.69, 9.17) is 0 Å². The molecule has 140 valence electrons. The molecule has 1 aliphatic rings. The Labute approximate surface area is 158 Å². The number of nitrogens with zero attached hydrogens (tertiary/aromatic N) is 2. The van der Waals surface area contributed by atoms with Crippen LogP contribution in [0, 0.1) is 0 Å². The van der Waals surface area contributed by atoms with Gasteiger partial charge < -0.3 is 15.1 Å². The highest BCUT2D eigenvalue weighted by atomic mass is 16.2. The summed E-state index contributed by atoms with van der Waals surface area (Å²) in [5.74, 6) is -0.319. The van der Waals surface area contributed by atoms with Gasteiger partial charge >= 0.3 is 0 Å². The molecular formula is C21H23N3O3. The van der Waals surface area contributed by atoms with Crippen molar-refractivity contribution in [1.82, 2.24) is 15.1 Å². The summed E-state index contributed by atoms with van der Waals surface area (Å²) in [6.45, 7) is 1.97. The van der Waals surface area contributed by atoms with Gasteiger partial charge in [-0.3, -0.25) is 14.4 Å². The van der Waals surface area contributed by atoms with Crippen molar-refractivity contribution in [3.05, 3.63) is 71.8 Å². The number of carbonyl (C=O) groups excluding carboxylic acids is 3. The van der Waals surface area contributed by atoms with Gasteiger partial charge in [-0.1, -0.05) is 48.5 Å². The summed E-state index contributed by atoms with van der Waals surface area (Å²) in [4.78, 5) is 40.2. The Bertz CT molecular complexity index is 785. The normalized spacial score (nSPS) is 13.9. The van der Waals surface area contributed by atoms with Gasteiger partial charge in [0, 0.05) is 31.7 Å². The van der Waals surface area contributed by atoms with E-state index < -0.39 is 0 Å². The highest BCUT2D eigenvalue weighted by Crippen LogP contribution is 2.07. The molecule has 1 fully saturated rings. The Kier molecular flexibility index (Phi) is 6.20.